The average Bonchev–Trinajstić information content (AvgIpc) is 2.57. The fraction of sp³-hybridized carbons (Fsp3) is 0.833. The summed E-state index contributed by atoms with van der Waals surface area (Å²) in [4.78, 5) is 36.3. The fourth-order valence-corrected chi connectivity index (χ4v) is 2.56. The minimum atomic E-state index is -1.08. The first-order valence-corrected chi connectivity index (χ1v) is 9.43. The molecule has 0 fully saturated rings. The van der Waals surface area contributed by atoms with E-state index in [1.807, 2.05) is 27.7 Å². The topological polar surface area (TPSA) is 148 Å². The van der Waals surface area contributed by atoms with E-state index in [1.54, 1.807) is 0 Å². The van der Waals surface area contributed by atoms with Crippen molar-refractivity contribution < 1.29 is 19.5 Å². The molecule has 0 aliphatic rings. The highest BCUT2D eigenvalue weighted by Gasteiger charge is 2.31. The predicted molar refractivity (Wildman–Crippen MR) is 101 cm³/mol. The Morgan fingerprint density at radius 1 is 1.04 bits per heavy atom. The summed E-state index contributed by atoms with van der Waals surface area (Å²) in [6, 6.07) is -2.52. The van der Waals surface area contributed by atoms with Gasteiger partial charge in [-0.1, -0.05) is 40.5 Å². The zero-order chi connectivity index (χ0) is 20.3. The third kappa shape index (κ3) is 9.15. The van der Waals surface area contributed by atoms with E-state index in [0.717, 1.165) is 12.8 Å². The first-order valence-electron chi connectivity index (χ1n) is 9.43. The van der Waals surface area contributed by atoms with Gasteiger partial charge in [0.25, 0.3) is 0 Å². The van der Waals surface area contributed by atoms with Crippen LogP contribution in [0, 0.1) is 11.8 Å². The summed E-state index contributed by atoms with van der Waals surface area (Å²) in [5.74, 6) is -2.01. The normalized spacial score (nSPS) is 15.8. The Morgan fingerprint density at radius 2 is 1.65 bits per heavy atom. The summed E-state index contributed by atoms with van der Waals surface area (Å²) < 4.78 is 0. The van der Waals surface area contributed by atoms with Crippen LogP contribution in [0.4, 0.5) is 0 Å². The van der Waals surface area contributed by atoms with Gasteiger partial charge in [0.15, 0.2) is 0 Å². The summed E-state index contributed by atoms with van der Waals surface area (Å²) >= 11 is 0. The van der Waals surface area contributed by atoms with E-state index in [2.05, 4.69) is 10.6 Å². The van der Waals surface area contributed by atoms with E-state index >= 15 is 0 Å². The van der Waals surface area contributed by atoms with Gasteiger partial charge < -0.3 is 27.2 Å². The number of nitrogens with one attached hydrogen (secondary N) is 2. The van der Waals surface area contributed by atoms with Gasteiger partial charge in [-0.05, 0) is 37.6 Å². The first-order chi connectivity index (χ1) is 12.1. The molecule has 7 N–H and O–H groups in total. The standard InChI is InChI=1S/C18H36N4O4/c1-5-12(4)15(22-16(23)13(20)8-6-7-9-19)17(24)21-14(18(25)26)10-11(2)3/h11-15H,5-10,19-20H2,1-4H3,(H,21,24)(H,22,23)(H,25,26)/t12-,13-,14-,15-/m0/s1. The Balaban J connectivity index is 4.98. The second-order valence-corrected chi connectivity index (χ2v) is 7.29. The number of rotatable bonds is 13. The zero-order valence-corrected chi connectivity index (χ0v) is 16.5. The van der Waals surface area contributed by atoms with Crippen molar-refractivity contribution in [3.05, 3.63) is 0 Å². The van der Waals surface area contributed by atoms with Crippen LogP contribution < -0.4 is 22.1 Å². The number of nitrogens with two attached hydrogens (primary N) is 2. The number of carboxylic acids is 1. The van der Waals surface area contributed by atoms with Gasteiger partial charge >= 0.3 is 5.97 Å². The summed E-state index contributed by atoms with van der Waals surface area (Å²) in [6.45, 7) is 8.05. The Kier molecular flexibility index (Phi) is 11.8. The Labute approximate surface area is 156 Å². The molecule has 0 aromatic rings. The van der Waals surface area contributed by atoms with Crippen LogP contribution in [0.15, 0.2) is 0 Å². The molecule has 8 heteroatoms. The third-order valence-electron chi connectivity index (χ3n) is 4.42. The SMILES string of the molecule is CC[C@H](C)[C@H](NC(=O)[C@@H](N)CCCCN)C(=O)N[C@@H](CC(C)C)C(=O)O. The molecule has 0 rings (SSSR count). The molecule has 0 radical (unpaired) electrons. The highest BCUT2D eigenvalue weighted by Crippen LogP contribution is 2.11. The van der Waals surface area contributed by atoms with Crippen molar-refractivity contribution in [1.82, 2.24) is 10.6 Å². The van der Waals surface area contributed by atoms with Crippen LogP contribution in [0.2, 0.25) is 0 Å². The number of amides is 2. The van der Waals surface area contributed by atoms with E-state index in [0.29, 0.717) is 25.8 Å². The number of carbonyl (C=O) groups excluding carboxylic acids is 2. The van der Waals surface area contributed by atoms with Gasteiger partial charge in [-0.2, -0.15) is 0 Å². The molecule has 0 aromatic carbocycles. The number of hydrogen-bond acceptors (Lipinski definition) is 5. The van der Waals surface area contributed by atoms with Crippen LogP contribution in [0.3, 0.4) is 0 Å². The highest BCUT2D eigenvalue weighted by molar-refractivity contribution is 5.91. The van der Waals surface area contributed by atoms with Crippen molar-refractivity contribution in [2.24, 2.45) is 23.3 Å². The first kappa shape index (κ1) is 24.3. The van der Waals surface area contributed by atoms with Gasteiger partial charge in [0.05, 0.1) is 6.04 Å². The van der Waals surface area contributed by atoms with Crippen LogP contribution in [-0.4, -0.2) is 47.6 Å². The molecule has 0 spiro atoms. The van der Waals surface area contributed by atoms with Crippen molar-refractivity contribution in [2.45, 2.75) is 77.9 Å². The van der Waals surface area contributed by atoms with Gasteiger partial charge in [0.2, 0.25) is 11.8 Å². The predicted octanol–water partition coefficient (Wildman–Crippen LogP) is 0.589. The van der Waals surface area contributed by atoms with Crippen molar-refractivity contribution in [2.75, 3.05) is 6.54 Å². The molecule has 0 aliphatic carbocycles. The Hall–Kier alpha value is -1.67. The summed E-state index contributed by atoms with van der Waals surface area (Å²) in [7, 11) is 0. The number of carboxylic acid groups (broad SMARTS) is 1. The smallest absolute Gasteiger partial charge is 0.326 e. The molecule has 0 bridgehead atoms. The monoisotopic (exact) mass is 372 g/mol. The lowest BCUT2D eigenvalue weighted by molar-refractivity contribution is -0.143. The maximum Gasteiger partial charge on any atom is 0.326 e. The van der Waals surface area contributed by atoms with Crippen molar-refractivity contribution in [3.8, 4) is 0 Å². The van der Waals surface area contributed by atoms with Crippen LogP contribution >= 0.6 is 0 Å². The molecule has 0 heterocycles. The number of unbranched alkanes of at least 4 members (excludes halogenated alkanes) is 1. The highest BCUT2D eigenvalue weighted by atomic mass is 16.4. The van der Waals surface area contributed by atoms with E-state index in [1.165, 1.54) is 0 Å². The third-order valence-corrected chi connectivity index (χ3v) is 4.42. The molecule has 0 aromatic heterocycles. The molecule has 2 amide bonds. The molecule has 8 nitrogen and oxygen atoms in total. The van der Waals surface area contributed by atoms with E-state index in [4.69, 9.17) is 11.5 Å². The van der Waals surface area contributed by atoms with Gasteiger partial charge in [-0.25, -0.2) is 4.79 Å². The van der Waals surface area contributed by atoms with Gasteiger partial charge in [-0.3, -0.25) is 9.59 Å². The number of hydrogen-bond donors (Lipinski definition) is 5. The molecule has 4 atom stereocenters. The van der Waals surface area contributed by atoms with E-state index in [-0.39, 0.29) is 11.8 Å². The summed E-state index contributed by atoms with van der Waals surface area (Å²) in [5, 5.41) is 14.5. The van der Waals surface area contributed by atoms with Crippen molar-refractivity contribution in [3.63, 3.8) is 0 Å². The lowest BCUT2D eigenvalue weighted by Gasteiger charge is -2.27. The zero-order valence-electron chi connectivity index (χ0n) is 16.5. The molecular formula is C18H36N4O4. The second kappa shape index (κ2) is 12.6. The minimum Gasteiger partial charge on any atom is -0.480 e. The maximum atomic E-state index is 12.6. The van der Waals surface area contributed by atoms with Gasteiger partial charge in [-0.15, -0.1) is 0 Å². The molecule has 0 saturated carbocycles. The van der Waals surface area contributed by atoms with Crippen molar-refractivity contribution >= 4 is 17.8 Å². The van der Waals surface area contributed by atoms with Gasteiger partial charge in [0.1, 0.15) is 12.1 Å². The molecular weight excluding hydrogens is 336 g/mol. The van der Waals surface area contributed by atoms with Crippen LogP contribution in [-0.2, 0) is 14.4 Å². The summed E-state index contributed by atoms with van der Waals surface area (Å²) in [5.41, 5.74) is 11.3. The number of carbonyl (C=O) groups is 3. The van der Waals surface area contributed by atoms with Crippen LogP contribution in [0.25, 0.3) is 0 Å². The Morgan fingerprint density at radius 3 is 2.12 bits per heavy atom. The molecule has 0 unspecified atom stereocenters. The summed E-state index contributed by atoms with van der Waals surface area (Å²) in [6.07, 6.45) is 2.99. The molecule has 0 saturated heterocycles. The molecule has 152 valence electrons. The average molecular weight is 373 g/mol. The molecule has 0 aliphatic heterocycles. The molecule has 26 heavy (non-hydrogen) atoms. The number of aliphatic carboxylic acids is 1. The quantitative estimate of drug-likeness (QED) is 0.299. The Bertz CT molecular complexity index is 456. The maximum absolute atomic E-state index is 12.6. The lowest BCUT2D eigenvalue weighted by Crippen LogP contribution is -2.56. The van der Waals surface area contributed by atoms with E-state index < -0.39 is 35.9 Å². The van der Waals surface area contributed by atoms with E-state index in [9.17, 15) is 19.5 Å². The van der Waals surface area contributed by atoms with Crippen LogP contribution in [0.1, 0.15) is 59.8 Å². The van der Waals surface area contributed by atoms with Crippen molar-refractivity contribution in [1.29, 1.82) is 0 Å². The lowest BCUT2D eigenvalue weighted by atomic mass is 9.96. The van der Waals surface area contributed by atoms with Gasteiger partial charge in [0, 0.05) is 0 Å². The fourth-order valence-electron chi connectivity index (χ4n) is 2.56. The second-order valence-electron chi connectivity index (χ2n) is 7.29. The largest absolute Gasteiger partial charge is 0.480 e. The minimum absolute atomic E-state index is 0.115. The van der Waals surface area contributed by atoms with Crippen LogP contribution in [0.5, 0.6) is 0 Å².